The van der Waals surface area contributed by atoms with E-state index in [4.69, 9.17) is 14.2 Å². The molecule has 0 radical (unpaired) electrons. The molecule has 7 heteroatoms. The highest BCUT2D eigenvalue weighted by molar-refractivity contribution is 5.69. The summed E-state index contributed by atoms with van der Waals surface area (Å²) in [6.07, 6.45) is 36.9. The molecule has 2 unspecified atom stereocenters. The quantitative estimate of drug-likeness (QED) is 0.0459. The number of unbranched alkanes of at least 4 members (excludes halogenated alkanes) is 8. The minimum absolute atomic E-state index is 0.202. The molecule has 5 atom stereocenters. The monoisotopic (exact) mass is 881 g/mol. The number of carbonyl (C=O) groups is 1. The van der Waals surface area contributed by atoms with Gasteiger partial charge in [-0.2, -0.15) is 0 Å². The van der Waals surface area contributed by atoms with Gasteiger partial charge in [-0.15, -0.1) is 0 Å². The summed E-state index contributed by atoms with van der Waals surface area (Å²) in [5.41, 5.74) is 10.4. The Morgan fingerprint density at radius 3 is 1.67 bits per heavy atom. The lowest BCUT2D eigenvalue weighted by atomic mass is 9.97. The summed E-state index contributed by atoms with van der Waals surface area (Å²) in [4.78, 5) is 12.5. The van der Waals surface area contributed by atoms with E-state index in [2.05, 4.69) is 166 Å². The van der Waals surface area contributed by atoms with Crippen molar-refractivity contribution < 1.29 is 34.3 Å². The van der Waals surface area contributed by atoms with Gasteiger partial charge in [-0.05, 0) is 117 Å². The van der Waals surface area contributed by atoms with E-state index in [1.807, 2.05) is 13.8 Å². The Balaban J connectivity index is 1.77. The Hall–Kier alpha value is -4.11. The van der Waals surface area contributed by atoms with Crippen molar-refractivity contribution in [1.82, 2.24) is 0 Å². The summed E-state index contributed by atoms with van der Waals surface area (Å²) in [5, 5.41) is 31.7. The third-order valence-corrected chi connectivity index (χ3v) is 11.6. The van der Waals surface area contributed by atoms with E-state index in [0.29, 0.717) is 12.8 Å². The average Bonchev–Trinajstić information content (AvgIpc) is 3.24. The zero-order valence-electron chi connectivity index (χ0n) is 41.4. The fourth-order valence-corrected chi connectivity index (χ4v) is 7.18. The van der Waals surface area contributed by atoms with E-state index >= 15 is 0 Å². The van der Waals surface area contributed by atoms with E-state index in [1.165, 1.54) is 71.1 Å². The Morgan fingerprint density at radius 2 is 1.09 bits per heavy atom. The normalized spacial score (nSPS) is 21.2. The number of rotatable bonds is 27. The van der Waals surface area contributed by atoms with Crippen LogP contribution in [0.3, 0.4) is 0 Å². The van der Waals surface area contributed by atoms with Gasteiger partial charge < -0.3 is 29.5 Å². The van der Waals surface area contributed by atoms with Crippen LogP contribution in [0.25, 0.3) is 6.08 Å². The van der Waals surface area contributed by atoms with Gasteiger partial charge in [-0.3, -0.25) is 4.79 Å². The zero-order valence-corrected chi connectivity index (χ0v) is 41.4. The lowest BCUT2D eigenvalue weighted by Gasteiger charge is -2.42. The predicted octanol–water partition coefficient (Wildman–Crippen LogP) is 13.8. The summed E-state index contributed by atoms with van der Waals surface area (Å²) in [6, 6.07) is 4.36. The number of hydrogen-bond donors (Lipinski definition) is 3. The maximum atomic E-state index is 12.5. The molecule has 1 heterocycles. The van der Waals surface area contributed by atoms with Crippen molar-refractivity contribution in [1.29, 1.82) is 0 Å². The van der Waals surface area contributed by atoms with Crippen LogP contribution in [-0.4, -0.2) is 57.8 Å². The van der Waals surface area contributed by atoms with Crippen LogP contribution in [0.2, 0.25) is 0 Å². The second-order valence-corrected chi connectivity index (χ2v) is 18.3. The summed E-state index contributed by atoms with van der Waals surface area (Å²) >= 11 is 0. The maximum Gasteiger partial charge on any atom is 0.308 e. The standard InChI is InChI=1S/C57H84O7/c1-12-13-14-15-16-17-18-19-20-36-51(58)62-55-53(60)52(59)54(61)56(63-55)64-57(10,11)41-26-35-45(5)33-24-32-44(4)31-23-29-42(2)27-21-22-28-43(3)30-25-34-46(6)37-40-50-48(8)39-38-47(7)49(50)9/h21-25,27-34,37-40,52-56,59-61H,12-20,26,35-36,41H2,1-11H3/b22-21+,29-23+,30-25+,32-24+,40-37+,42-27+,43-28+,44-31+,45-33+,46-34+/t52-,53-,54?,55?,56-/m0/s1. The van der Waals surface area contributed by atoms with Crippen LogP contribution < -0.4 is 0 Å². The van der Waals surface area contributed by atoms with Crippen molar-refractivity contribution in [2.24, 2.45) is 0 Å². The van der Waals surface area contributed by atoms with Gasteiger partial charge in [-0.1, -0.05) is 189 Å². The maximum absolute atomic E-state index is 12.5. The number of aryl methyl sites for hydroxylation is 2. The van der Waals surface area contributed by atoms with Crippen LogP contribution in [0.5, 0.6) is 0 Å². The smallest absolute Gasteiger partial charge is 0.308 e. The molecule has 354 valence electrons. The Morgan fingerprint density at radius 1 is 0.609 bits per heavy atom. The molecule has 1 saturated heterocycles. The highest BCUT2D eigenvalue weighted by Gasteiger charge is 2.47. The first-order valence-corrected chi connectivity index (χ1v) is 23.8. The molecule has 1 aliphatic heterocycles. The minimum Gasteiger partial charge on any atom is -0.433 e. The Bertz CT molecular complexity index is 1880. The van der Waals surface area contributed by atoms with Crippen molar-refractivity contribution in [2.75, 3.05) is 0 Å². The molecule has 0 aromatic heterocycles. The van der Waals surface area contributed by atoms with Crippen molar-refractivity contribution in [3.8, 4) is 0 Å². The number of carbonyl (C=O) groups excluding carboxylic acids is 1. The van der Waals surface area contributed by atoms with Crippen LogP contribution in [0.15, 0.2) is 125 Å². The molecule has 3 N–H and O–H groups in total. The van der Waals surface area contributed by atoms with Gasteiger partial charge in [0.1, 0.15) is 18.3 Å². The Labute approximate surface area is 388 Å². The molecule has 1 fully saturated rings. The zero-order chi connectivity index (χ0) is 47.5. The number of aliphatic hydroxyl groups is 3. The van der Waals surface area contributed by atoms with Crippen molar-refractivity contribution in [3.63, 3.8) is 0 Å². The molecule has 7 nitrogen and oxygen atoms in total. The van der Waals surface area contributed by atoms with Gasteiger partial charge >= 0.3 is 5.97 Å². The Kier molecular flexibility index (Phi) is 27.1. The van der Waals surface area contributed by atoms with Gasteiger partial charge in [0, 0.05) is 6.42 Å². The van der Waals surface area contributed by atoms with E-state index in [0.717, 1.165) is 43.3 Å². The van der Waals surface area contributed by atoms with Gasteiger partial charge in [0.2, 0.25) is 6.29 Å². The number of allylic oxidation sites excluding steroid dienone is 19. The van der Waals surface area contributed by atoms with Gasteiger partial charge in [-0.25, -0.2) is 0 Å². The lowest BCUT2D eigenvalue weighted by Crippen LogP contribution is -2.60. The predicted molar refractivity (Wildman–Crippen MR) is 269 cm³/mol. The molecule has 0 aliphatic carbocycles. The first-order valence-electron chi connectivity index (χ1n) is 23.8. The number of benzene rings is 1. The van der Waals surface area contributed by atoms with Crippen LogP contribution in [0.4, 0.5) is 0 Å². The van der Waals surface area contributed by atoms with Crippen molar-refractivity contribution in [2.45, 2.75) is 196 Å². The molecule has 0 spiro atoms. The fourth-order valence-electron chi connectivity index (χ4n) is 7.18. The summed E-state index contributed by atoms with van der Waals surface area (Å²) < 4.78 is 17.2. The van der Waals surface area contributed by atoms with E-state index in [1.54, 1.807) is 0 Å². The van der Waals surface area contributed by atoms with Gasteiger partial charge in [0.25, 0.3) is 0 Å². The summed E-state index contributed by atoms with van der Waals surface area (Å²) in [6.45, 7) is 23.0. The highest BCUT2D eigenvalue weighted by atomic mass is 16.8. The highest BCUT2D eigenvalue weighted by Crippen LogP contribution is 2.30. The first kappa shape index (κ1) is 56.0. The summed E-state index contributed by atoms with van der Waals surface area (Å²) in [7, 11) is 0. The molecular formula is C57H84O7. The fraction of sp³-hybridized carbons (Fsp3) is 0.526. The number of hydrogen-bond acceptors (Lipinski definition) is 7. The molecule has 0 saturated carbocycles. The third-order valence-electron chi connectivity index (χ3n) is 11.6. The molecule has 1 aliphatic rings. The minimum atomic E-state index is -1.58. The second-order valence-electron chi connectivity index (χ2n) is 18.3. The molecule has 2 rings (SSSR count). The molecule has 0 bridgehead atoms. The second kappa shape index (κ2) is 30.9. The van der Waals surface area contributed by atoms with E-state index < -0.39 is 42.5 Å². The van der Waals surface area contributed by atoms with Crippen molar-refractivity contribution >= 4 is 12.0 Å². The number of ether oxygens (including phenoxy) is 3. The molecule has 0 amide bonds. The third kappa shape index (κ3) is 23.2. The van der Waals surface area contributed by atoms with E-state index in [-0.39, 0.29) is 6.42 Å². The van der Waals surface area contributed by atoms with E-state index in [9.17, 15) is 20.1 Å². The van der Waals surface area contributed by atoms with Crippen LogP contribution in [-0.2, 0) is 19.0 Å². The van der Waals surface area contributed by atoms with Crippen LogP contribution >= 0.6 is 0 Å². The molecule has 64 heavy (non-hydrogen) atoms. The largest absolute Gasteiger partial charge is 0.433 e. The molecule has 1 aromatic rings. The number of aliphatic hydroxyl groups excluding tert-OH is 3. The first-order chi connectivity index (χ1) is 30.4. The molecule has 1 aromatic carbocycles. The van der Waals surface area contributed by atoms with Gasteiger partial charge in [0.05, 0.1) is 5.60 Å². The topological polar surface area (TPSA) is 105 Å². The van der Waals surface area contributed by atoms with Crippen LogP contribution in [0.1, 0.15) is 161 Å². The number of esters is 1. The molecular weight excluding hydrogens is 797 g/mol. The van der Waals surface area contributed by atoms with Crippen molar-refractivity contribution in [3.05, 3.63) is 147 Å². The van der Waals surface area contributed by atoms with Gasteiger partial charge in [0.15, 0.2) is 6.29 Å². The lowest BCUT2D eigenvalue weighted by molar-refractivity contribution is -0.358. The summed E-state index contributed by atoms with van der Waals surface area (Å²) in [5.74, 6) is -0.505. The average molecular weight is 881 g/mol. The SMILES string of the molecule is CCCCCCCCCCCC(=O)OC1O[C@@H](OC(C)(C)CCC/C(C)=C/C=C/C(C)=C/C=C/C(C)=C/C=C/C=C(C)/C=C/C=C(C)/C=C/c2c(C)ccc(C)c2C)C(O)[C@@H](O)[C@@H]1O. The van der Waals surface area contributed by atoms with Crippen LogP contribution in [0, 0.1) is 20.8 Å².